The van der Waals surface area contributed by atoms with Crippen molar-refractivity contribution in [2.45, 2.75) is 37.9 Å². The summed E-state index contributed by atoms with van der Waals surface area (Å²) in [5.74, 6) is 0.348. The molecule has 0 saturated heterocycles. The number of halogens is 2. The van der Waals surface area contributed by atoms with E-state index in [1.165, 1.54) is 0 Å². The Morgan fingerprint density at radius 3 is 1.89 bits per heavy atom. The fraction of sp³-hybridized carbons (Fsp3) is 1.00. The molecule has 0 spiro atoms. The summed E-state index contributed by atoms with van der Waals surface area (Å²) in [5.41, 5.74) is 0. The Morgan fingerprint density at radius 1 is 1.33 bits per heavy atom. The molecule has 9 heavy (non-hydrogen) atoms. The first-order chi connectivity index (χ1) is 4.00. The molecule has 0 radical (unpaired) electrons. The summed E-state index contributed by atoms with van der Waals surface area (Å²) in [6, 6.07) is 0. The van der Waals surface area contributed by atoms with Gasteiger partial charge in [-0.05, 0) is 12.3 Å². The predicted molar refractivity (Wildman–Crippen MR) is 44.2 cm³/mol. The molecule has 0 nitrogen and oxygen atoms in total. The molecule has 0 unspecified atom stereocenters. The summed E-state index contributed by atoms with van der Waals surface area (Å²) in [5, 5.41) is 0. The smallest absolute Gasteiger partial charge is 0.101 e. The van der Waals surface area contributed by atoms with Crippen molar-refractivity contribution in [2.24, 2.45) is 5.92 Å². The lowest BCUT2D eigenvalue weighted by atomic mass is 10.1. The quantitative estimate of drug-likeness (QED) is 0.566. The van der Waals surface area contributed by atoms with Gasteiger partial charge < -0.3 is 0 Å². The summed E-state index contributed by atoms with van der Waals surface area (Å²) in [4.78, 5) is 0. The highest BCUT2D eigenvalue weighted by molar-refractivity contribution is 6.48. The number of hydrogen-bond acceptors (Lipinski definition) is 0. The highest BCUT2D eigenvalue weighted by Gasteiger charge is 2.26. The van der Waals surface area contributed by atoms with Gasteiger partial charge in [0, 0.05) is 0 Å². The van der Waals surface area contributed by atoms with Crippen LogP contribution in [0.1, 0.15) is 33.6 Å². The molecule has 0 rings (SSSR count). The van der Waals surface area contributed by atoms with Crippen molar-refractivity contribution in [2.75, 3.05) is 0 Å². The summed E-state index contributed by atoms with van der Waals surface area (Å²) >= 11 is 11.9. The molecule has 0 aliphatic rings. The van der Waals surface area contributed by atoms with Crippen LogP contribution in [0.5, 0.6) is 0 Å². The van der Waals surface area contributed by atoms with Crippen LogP contribution in [0, 0.1) is 5.92 Å². The zero-order chi connectivity index (χ0) is 7.49. The minimum atomic E-state index is -0.505. The summed E-state index contributed by atoms with van der Waals surface area (Å²) in [6.07, 6.45) is 1.93. The molecule has 0 aromatic heterocycles. The molecule has 0 aromatic carbocycles. The lowest BCUT2D eigenvalue weighted by molar-refractivity contribution is 0.512. The highest BCUT2D eigenvalue weighted by atomic mass is 35.5. The molecule has 0 aliphatic carbocycles. The van der Waals surface area contributed by atoms with Crippen molar-refractivity contribution in [3.8, 4) is 0 Å². The van der Waals surface area contributed by atoms with Gasteiger partial charge in [-0.1, -0.05) is 27.2 Å². The van der Waals surface area contributed by atoms with Crippen molar-refractivity contribution in [1.29, 1.82) is 0 Å². The maximum Gasteiger partial charge on any atom is 0.120 e. The minimum absolute atomic E-state index is 0.348. The maximum atomic E-state index is 5.94. The second kappa shape index (κ2) is 3.68. The van der Waals surface area contributed by atoms with E-state index in [1.807, 2.05) is 13.8 Å². The van der Waals surface area contributed by atoms with Gasteiger partial charge in [-0.15, -0.1) is 23.2 Å². The predicted octanol–water partition coefficient (Wildman–Crippen LogP) is 3.62. The molecule has 0 atom stereocenters. The third kappa shape index (κ3) is 3.32. The third-order valence-corrected chi connectivity index (χ3v) is 2.68. The Hall–Kier alpha value is 0.580. The van der Waals surface area contributed by atoms with E-state index in [4.69, 9.17) is 23.2 Å². The van der Waals surface area contributed by atoms with Crippen LogP contribution < -0.4 is 0 Å². The normalized spacial score (nSPS) is 12.7. The average Bonchev–Trinajstić information content (AvgIpc) is 1.65. The SMILES string of the molecule is CCCC(Cl)(Cl)C(C)C. The van der Waals surface area contributed by atoms with E-state index in [9.17, 15) is 0 Å². The van der Waals surface area contributed by atoms with Crippen molar-refractivity contribution in [3.63, 3.8) is 0 Å². The molecule has 0 aromatic rings. The molecular formula is C7H14Cl2. The van der Waals surface area contributed by atoms with Crippen LogP contribution >= 0.6 is 23.2 Å². The van der Waals surface area contributed by atoms with E-state index in [1.54, 1.807) is 0 Å². The van der Waals surface area contributed by atoms with E-state index < -0.39 is 4.33 Å². The van der Waals surface area contributed by atoms with E-state index in [-0.39, 0.29) is 0 Å². The van der Waals surface area contributed by atoms with Crippen LogP contribution in [-0.2, 0) is 0 Å². The van der Waals surface area contributed by atoms with Crippen LogP contribution in [0.15, 0.2) is 0 Å². The summed E-state index contributed by atoms with van der Waals surface area (Å²) in [7, 11) is 0. The molecule has 2 heteroatoms. The second-order valence-electron chi connectivity index (χ2n) is 2.67. The first kappa shape index (κ1) is 9.58. The van der Waals surface area contributed by atoms with E-state index in [2.05, 4.69) is 6.92 Å². The lowest BCUT2D eigenvalue weighted by Gasteiger charge is -2.22. The number of hydrogen-bond donors (Lipinski definition) is 0. The van der Waals surface area contributed by atoms with Gasteiger partial charge in [-0.25, -0.2) is 0 Å². The number of alkyl halides is 2. The average molecular weight is 169 g/mol. The van der Waals surface area contributed by atoms with Gasteiger partial charge in [0.05, 0.1) is 0 Å². The Kier molecular flexibility index (Phi) is 3.91. The Morgan fingerprint density at radius 2 is 1.78 bits per heavy atom. The van der Waals surface area contributed by atoms with Crippen molar-refractivity contribution >= 4 is 23.2 Å². The van der Waals surface area contributed by atoms with Gasteiger partial charge in [-0.2, -0.15) is 0 Å². The Balaban J connectivity index is 3.70. The number of rotatable bonds is 3. The van der Waals surface area contributed by atoms with Crippen molar-refractivity contribution < 1.29 is 0 Å². The molecule has 0 bridgehead atoms. The van der Waals surface area contributed by atoms with Gasteiger partial charge in [0.2, 0.25) is 0 Å². The van der Waals surface area contributed by atoms with Crippen molar-refractivity contribution in [1.82, 2.24) is 0 Å². The zero-order valence-corrected chi connectivity index (χ0v) is 7.76. The molecule has 0 amide bonds. The third-order valence-electron chi connectivity index (χ3n) is 1.43. The fourth-order valence-corrected chi connectivity index (χ4v) is 1.000. The molecule has 0 saturated carbocycles. The largest absolute Gasteiger partial charge is 0.120 e. The second-order valence-corrected chi connectivity index (χ2v) is 4.21. The van der Waals surface area contributed by atoms with E-state index in [0.717, 1.165) is 12.8 Å². The Labute approximate surface area is 67.5 Å². The molecule has 0 aliphatic heterocycles. The first-order valence-corrected chi connectivity index (χ1v) is 4.14. The fourth-order valence-electron chi connectivity index (χ4n) is 0.622. The van der Waals surface area contributed by atoms with Gasteiger partial charge in [-0.3, -0.25) is 0 Å². The van der Waals surface area contributed by atoms with Gasteiger partial charge in [0.15, 0.2) is 0 Å². The van der Waals surface area contributed by atoms with Crippen molar-refractivity contribution in [3.05, 3.63) is 0 Å². The van der Waals surface area contributed by atoms with Gasteiger partial charge >= 0.3 is 0 Å². The van der Waals surface area contributed by atoms with E-state index in [0.29, 0.717) is 5.92 Å². The van der Waals surface area contributed by atoms with Crippen LogP contribution in [0.2, 0.25) is 0 Å². The van der Waals surface area contributed by atoms with Crippen LogP contribution in [-0.4, -0.2) is 4.33 Å². The lowest BCUT2D eigenvalue weighted by Crippen LogP contribution is -2.19. The minimum Gasteiger partial charge on any atom is -0.101 e. The van der Waals surface area contributed by atoms with Crippen LogP contribution in [0.3, 0.4) is 0 Å². The monoisotopic (exact) mass is 168 g/mol. The Bertz CT molecular complexity index is 77.0. The zero-order valence-electron chi connectivity index (χ0n) is 6.25. The maximum absolute atomic E-state index is 5.94. The molecule has 56 valence electrons. The van der Waals surface area contributed by atoms with Gasteiger partial charge in [0.25, 0.3) is 0 Å². The standard InChI is InChI=1S/C7H14Cl2/c1-4-5-7(8,9)6(2)3/h6H,4-5H2,1-3H3. The van der Waals surface area contributed by atoms with Gasteiger partial charge in [0.1, 0.15) is 4.33 Å². The van der Waals surface area contributed by atoms with Crippen LogP contribution in [0.25, 0.3) is 0 Å². The van der Waals surface area contributed by atoms with E-state index >= 15 is 0 Å². The van der Waals surface area contributed by atoms with Crippen LogP contribution in [0.4, 0.5) is 0 Å². The first-order valence-electron chi connectivity index (χ1n) is 3.38. The highest BCUT2D eigenvalue weighted by Crippen LogP contribution is 2.34. The topological polar surface area (TPSA) is 0 Å². The summed E-state index contributed by atoms with van der Waals surface area (Å²) in [6.45, 7) is 6.16. The molecule has 0 heterocycles. The summed E-state index contributed by atoms with van der Waals surface area (Å²) < 4.78 is -0.505. The molecule has 0 fully saturated rings. The molecular weight excluding hydrogens is 155 g/mol. The molecule has 0 N–H and O–H groups in total.